The number of nitrogens with zero attached hydrogens (tertiary/aromatic N) is 2. The van der Waals surface area contributed by atoms with Gasteiger partial charge < -0.3 is 10.2 Å². The van der Waals surface area contributed by atoms with Crippen molar-refractivity contribution < 1.29 is 9.59 Å². The fourth-order valence-electron chi connectivity index (χ4n) is 4.41. The largest absolute Gasteiger partial charge is 0.353 e. The van der Waals surface area contributed by atoms with E-state index in [2.05, 4.69) is 34.5 Å². The molecule has 2 heterocycles. The Morgan fingerprint density at radius 2 is 1.67 bits per heavy atom. The number of carbonyl (C=O) groups is 2. The molecule has 0 radical (unpaired) electrons. The first-order valence-corrected chi connectivity index (χ1v) is 10.5. The smallest absolute Gasteiger partial charge is 0.226 e. The number of hydrogen-bond donors (Lipinski definition) is 1. The number of benzene rings is 1. The zero-order chi connectivity index (χ0) is 18.6. The lowest BCUT2D eigenvalue weighted by Crippen LogP contribution is -2.50. The van der Waals surface area contributed by atoms with Crippen LogP contribution in [0.2, 0.25) is 0 Å². The number of hydrogen-bond acceptors (Lipinski definition) is 3. The molecule has 2 amide bonds. The van der Waals surface area contributed by atoms with Gasteiger partial charge in [-0.3, -0.25) is 14.5 Å². The van der Waals surface area contributed by atoms with Crippen LogP contribution in [0.1, 0.15) is 44.1 Å². The fourth-order valence-corrected chi connectivity index (χ4v) is 4.41. The van der Waals surface area contributed by atoms with Gasteiger partial charge in [0.1, 0.15) is 0 Å². The van der Waals surface area contributed by atoms with E-state index in [0.717, 1.165) is 71.2 Å². The summed E-state index contributed by atoms with van der Waals surface area (Å²) in [4.78, 5) is 29.4. The number of likely N-dealkylation sites (tertiary alicyclic amines) is 2. The van der Waals surface area contributed by atoms with Gasteiger partial charge in [-0.05, 0) is 50.6 Å². The summed E-state index contributed by atoms with van der Waals surface area (Å²) in [5, 5.41) is 3.17. The van der Waals surface area contributed by atoms with Gasteiger partial charge in [0.15, 0.2) is 0 Å². The molecule has 0 spiro atoms. The molecule has 27 heavy (non-hydrogen) atoms. The Labute approximate surface area is 162 Å². The van der Waals surface area contributed by atoms with Gasteiger partial charge in [-0.2, -0.15) is 0 Å². The lowest BCUT2D eigenvalue weighted by atomic mass is 9.94. The number of carbonyl (C=O) groups excluding carboxylic acids is 2. The molecule has 1 aliphatic carbocycles. The highest BCUT2D eigenvalue weighted by atomic mass is 16.2. The lowest BCUT2D eigenvalue weighted by Gasteiger charge is -2.38. The van der Waals surface area contributed by atoms with E-state index in [0.29, 0.717) is 5.91 Å². The number of amides is 2. The summed E-state index contributed by atoms with van der Waals surface area (Å²) in [6, 6.07) is 10.8. The number of rotatable bonds is 5. The van der Waals surface area contributed by atoms with Crippen molar-refractivity contribution in [3.63, 3.8) is 0 Å². The van der Waals surface area contributed by atoms with Gasteiger partial charge in [0.2, 0.25) is 11.8 Å². The second-order valence-electron chi connectivity index (χ2n) is 8.44. The van der Waals surface area contributed by atoms with Gasteiger partial charge in [-0.15, -0.1) is 0 Å². The summed E-state index contributed by atoms with van der Waals surface area (Å²) < 4.78 is 0. The zero-order valence-electron chi connectivity index (χ0n) is 16.1. The van der Waals surface area contributed by atoms with E-state index in [-0.39, 0.29) is 23.8 Å². The first-order valence-electron chi connectivity index (χ1n) is 10.5. The molecule has 1 aromatic rings. The normalized spacial score (nSPS) is 24.6. The van der Waals surface area contributed by atoms with Gasteiger partial charge in [-0.25, -0.2) is 0 Å². The van der Waals surface area contributed by atoms with Crippen LogP contribution < -0.4 is 5.32 Å². The molecule has 1 atom stereocenters. The van der Waals surface area contributed by atoms with E-state index >= 15 is 0 Å². The van der Waals surface area contributed by atoms with Crippen LogP contribution >= 0.6 is 0 Å². The Bertz CT molecular complexity index is 651. The third kappa shape index (κ3) is 4.89. The van der Waals surface area contributed by atoms with Crippen LogP contribution in [0.25, 0.3) is 0 Å². The Morgan fingerprint density at radius 1 is 0.926 bits per heavy atom. The highest BCUT2D eigenvalue weighted by Crippen LogP contribution is 2.29. The number of piperidine rings is 2. The van der Waals surface area contributed by atoms with Gasteiger partial charge >= 0.3 is 0 Å². The summed E-state index contributed by atoms with van der Waals surface area (Å²) in [5.74, 6) is 0.936. The molecule has 1 aromatic carbocycles. The van der Waals surface area contributed by atoms with E-state index in [1.165, 1.54) is 5.56 Å². The van der Waals surface area contributed by atoms with E-state index in [9.17, 15) is 9.59 Å². The summed E-state index contributed by atoms with van der Waals surface area (Å²) in [6.07, 6.45) is 5.98. The molecule has 0 aromatic heterocycles. The molecular weight excluding hydrogens is 338 g/mol. The minimum atomic E-state index is 0.125. The molecule has 2 saturated heterocycles. The van der Waals surface area contributed by atoms with Crippen LogP contribution in [-0.2, 0) is 16.1 Å². The van der Waals surface area contributed by atoms with Gasteiger partial charge in [0.05, 0.1) is 5.92 Å². The molecule has 5 nitrogen and oxygen atoms in total. The van der Waals surface area contributed by atoms with Crippen molar-refractivity contribution in [1.29, 1.82) is 0 Å². The van der Waals surface area contributed by atoms with Gasteiger partial charge in [-0.1, -0.05) is 30.3 Å². The van der Waals surface area contributed by atoms with E-state index in [4.69, 9.17) is 0 Å². The van der Waals surface area contributed by atoms with Crippen LogP contribution in [0.5, 0.6) is 0 Å². The minimum absolute atomic E-state index is 0.125. The first kappa shape index (κ1) is 18.5. The molecule has 146 valence electrons. The topological polar surface area (TPSA) is 52.7 Å². The Morgan fingerprint density at radius 3 is 2.37 bits per heavy atom. The maximum absolute atomic E-state index is 13.0. The number of nitrogens with one attached hydrogen (secondary N) is 1. The maximum atomic E-state index is 13.0. The molecule has 2 aliphatic heterocycles. The van der Waals surface area contributed by atoms with Crippen LogP contribution in [-0.4, -0.2) is 53.8 Å². The monoisotopic (exact) mass is 369 g/mol. The Hall–Kier alpha value is -1.88. The summed E-state index contributed by atoms with van der Waals surface area (Å²) in [5.41, 5.74) is 1.32. The summed E-state index contributed by atoms with van der Waals surface area (Å²) >= 11 is 0. The Balaban J connectivity index is 1.24. The van der Waals surface area contributed by atoms with Crippen molar-refractivity contribution >= 4 is 11.8 Å². The standard InChI is InChI=1S/C22H31N3O2/c26-21(18-8-9-18)23-20-10-13-25(14-11-20)22(27)19-7-4-12-24(16-19)15-17-5-2-1-3-6-17/h1-3,5-6,18-20H,4,7-16H2,(H,23,26). The van der Waals surface area contributed by atoms with Crippen LogP contribution in [0.15, 0.2) is 30.3 Å². The first-order chi connectivity index (χ1) is 13.2. The predicted molar refractivity (Wildman–Crippen MR) is 105 cm³/mol. The van der Waals surface area contributed by atoms with Crippen LogP contribution in [0, 0.1) is 11.8 Å². The molecule has 1 unspecified atom stereocenters. The SMILES string of the molecule is O=C(NC1CCN(C(=O)C2CCCN(Cc3ccccc3)C2)CC1)C1CC1. The molecule has 4 rings (SSSR count). The second kappa shape index (κ2) is 8.42. The van der Waals surface area contributed by atoms with Crippen molar-refractivity contribution in [2.45, 2.75) is 51.1 Å². The molecule has 3 aliphatic rings. The van der Waals surface area contributed by atoms with Crippen molar-refractivity contribution in [2.75, 3.05) is 26.2 Å². The van der Waals surface area contributed by atoms with E-state index in [1.807, 2.05) is 11.0 Å². The Kier molecular flexibility index (Phi) is 5.77. The molecule has 1 N–H and O–H groups in total. The molecule has 5 heteroatoms. The molecule has 3 fully saturated rings. The van der Waals surface area contributed by atoms with E-state index < -0.39 is 0 Å². The van der Waals surface area contributed by atoms with E-state index in [1.54, 1.807) is 0 Å². The van der Waals surface area contributed by atoms with Crippen LogP contribution in [0.3, 0.4) is 0 Å². The highest BCUT2D eigenvalue weighted by Gasteiger charge is 2.34. The van der Waals surface area contributed by atoms with Gasteiger partial charge in [0, 0.05) is 38.1 Å². The van der Waals surface area contributed by atoms with Crippen LogP contribution in [0.4, 0.5) is 0 Å². The lowest BCUT2D eigenvalue weighted by molar-refractivity contribution is -0.138. The average Bonchev–Trinajstić information content (AvgIpc) is 3.54. The quantitative estimate of drug-likeness (QED) is 0.867. The zero-order valence-corrected chi connectivity index (χ0v) is 16.1. The minimum Gasteiger partial charge on any atom is -0.353 e. The predicted octanol–water partition coefficient (Wildman–Crippen LogP) is 2.42. The third-order valence-corrected chi connectivity index (χ3v) is 6.20. The fraction of sp³-hybridized carbons (Fsp3) is 0.636. The molecule has 0 bridgehead atoms. The maximum Gasteiger partial charge on any atom is 0.226 e. The summed E-state index contributed by atoms with van der Waals surface area (Å²) in [7, 11) is 0. The average molecular weight is 370 g/mol. The summed E-state index contributed by atoms with van der Waals surface area (Å²) in [6.45, 7) is 4.44. The second-order valence-corrected chi connectivity index (χ2v) is 8.44. The van der Waals surface area contributed by atoms with Crippen molar-refractivity contribution in [1.82, 2.24) is 15.1 Å². The third-order valence-electron chi connectivity index (χ3n) is 6.20. The van der Waals surface area contributed by atoms with Crippen molar-refractivity contribution in [3.8, 4) is 0 Å². The highest BCUT2D eigenvalue weighted by molar-refractivity contribution is 5.81. The van der Waals surface area contributed by atoms with Gasteiger partial charge in [0.25, 0.3) is 0 Å². The van der Waals surface area contributed by atoms with Crippen molar-refractivity contribution in [3.05, 3.63) is 35.9 Å². The van der Waals surface area contributed by atoms with Crippen molar-refractivity contribution in [2.24, 2.45) is 11.8 Å². The molecule has 1 saturated carbocycles. The molecular formula is C22H31N3O2.